The van der Waals surface area contributed by atoms with E-state index < -0.39 is 34.3 Å². The minimum Gasteiger partial charge on any atom is -0.354 e. The van der Waals surface area contributed by atoms with E-state index in [0.29, 0.717) is 12.2 Å². The van der Waals surface area contributed by atoms with Crippen LogP contribution in [0.3, 0.4) is 0 Å². The predicted octanol–water partition coefficient (Wildman–Crippen LogP) is 3.53. The number of hydrogen-bond donors (Lipinski definition) is 1. The lowest BCUT2D eigenvalue weighted by atomic mass is 10.1. The van der Waals surface area contributed by atoms with Crippen molar-refractivity contribution in [1.82, 2.24) is 10.2 Å². The summed E-state index contributed by atoms with van der Waals surface area (Å²) in [7, 11) is -3.80. The molecule has 0 aliphatic rings. The van der Waals surface area contributed by atoms with Gasteiger partial charge in [-0.2, -0.15) is 0 Å². The quantitative estimate of drug-likeness (QED) is 0.321. The fourth-order valence-electron chi connectivity index (χ4n) is 3.15. The van der Waals surface area contributed by atoms with E-state index in [1.165, 1.54) is 23.1 Å². The first kappa shape index (κ1) is 27.0. The van der Waals surface area contributed by atoms with Gasteiger partial charge in [0.1, 0.15) is 18.4 Å². The molecule has 0 unspecified atom stereocenters. The van der Waals surface area contributed by atoms with Gasteiger partial charge in [-0.25, -0.2) is 12.8 Å². The largest absolute Gasteiger partial charge is 0.354 e. The monoisotopic (exact) mass is 589 g/mol. The number of unbranched alkanes of at least 4 members (excludes halogenated alkanes) is 1. The van der Waals surface area contributed by atoms with E-state index in [4.69, 9.17) is 0 Å². The average molecular weight is 589 g/mol. The third-order valence-corrected chi connectivity index (χ3v) is 6.95. The molecule has 0 aromatic heterocycles. The van der Waals surface area contributed by atoms with Crippen LogP contribution in [-0.4, -0.2) is 50.5 Å². The summed E-state index contributed by atoms with van der Waals surface area (Å²) in [5.74, 6) is -1.50. The molecule has 0 heterocycles. The summed E-state index contributed by atoms with van der Waals surface area (Å²) in [5, 5.41) is 2.78. The number of nitrogens with zero attached hydrogens (tertiary/aromatic N) is 2. The molecule has 7 nitrogen and oxygen atoms in total. The van der Waals surface area contributed by atoms with Crippen molar-refractivity contribution < 1.29 is 22.4 Å². The lowest BCUT2D eigenvalue weighted by molar-refractivity contribution is -0.139. The van der Waals surface area contributed by atoms with Gasteiger partial charge in [-0.1, -0.05) is 31.5 Å². The Labute approximate surface area is 208 Å². The van der Waals surface area contributed by atoms with Crippen LogP contribution in [0.2, 0.25) is 0 Å². The first-order chi connectivity index (χ1) is 15.5. The molecule has 0 saturated heterocycles. The lowest BCUT2D eigenvalue weighted by Crippen LogP contribution is -2.51. The number of carbonyl (C=O) groups excluding carboxylic acids is 2. The van der Waals surface area contributed by atoms with Gasteiger partial charge < -0.3 is 10.2 Å². The van der Waals surface area contributed by atoms with Crippen molar-refractivity contribution in [2.45, 2.75) is 39.3 Å². The maximum atomic E-state index is 14.3. The number of halogens is 2. The van der Waals surface area contributed by atoms with Crippen molar-refractivity contribution in [3.8, 4) is 0 Å². The van der Waals surface area contributed by atoms with Crippen molar-refractivity contribution >= 4 is 50.1 Å². The van der Waals surface area contributed by atoms with Gasteiger partial charge in [0.2, 0.25) is 21.8 Å². The minimum atomic E-state index is -3.80. The van der Waals surface area contributed by atoms with Crippen LogP contribution >= 0.6 is 22.6 Å². The summed E-state index contributed by atoms with van der Waals surface area (Å²) >= 11 is 2.10. The molecule has 0 aliphatic carbocycles. The van der Waals surface area contributed by atoms with Crippen LogP contribution in [0.5, 0.6) is 0 Å². The van der Waals surface area contributed by atoms with Crippen LogP contribution in [0, 0.1) is 9.39 Å². The van der Waals surface area contributed by atoms with Gasteiger partial charge in [0, 0.05) is 22.2 Å². The molecule has 0 spiro atoms. The van der Waals surface area contributed by atoms with Crippen LogP contribution in [0.15, 0.2) is 48.5 Å². The Bertz CT molecular complexity index is 1060. The van der Waals surface area contributed by atoms with Gasteiger partial charge in [-0.3, -0.25) is 13.9 Å². The molecule has 1 atom stereocenters. The molecule has 0 bridgehead atoms. The molecule has 2 rings (SSSR count). The van der Waals surface area contributed by atoms with Crippen LogP contribution in [-0.2, 0) is 26.2 Å². The number of rotatable bonds is 11. The smallest absolute Gasteiger partial charge is 0.244 e. The van der Waals surface area contributed by atoms with E-state index in [1.54, 1.807) is 37.3 Å². The van der Waals surface area contributed by atoms with Crippen molar-refractivity contribution in [1.29, 1.82) is 0 Å². The zero-order valence-corrected chi connectivity index (χ0v) is 21.9. The first-order valence-corrected chi connectivity index (χ1v) is 13.5. The highest BCUT2D eigenvalue weighted by atomic mass is 127. The molecule has 0 fully saturated rings. The summed E-state index contributed by atoms with van der Waals surface area (Å²) in [6.45, 7) is 3.32. The fraction of sp³-hybridized carbons (Fsp3) is 0.391. The fourth-order valence-corrected chi connectivity index (χ4v) is 4.36. The summed E-state index contributed by atoms with van der Waals surface area (Å²) in [4.78, 5) is 27.3. The van der Waals surface area contributed by atoms with Crippen LogP contribution < -0.4 is 9.62 Å². The maximum Gasteiger partial charge on any atom is 0.244 e. The van der Waals surface area contributed by atoms with Crippen molar-refractivity contribution in [3.63, 3.8) is 0 Å². The highest BCUT2D eigenvalue weighted by Crippen LogP contribution is 2.21. The standard InChI is InChI=1S/C23H29FIN3O4S/c1-4-5-14-26-23(30)17(2)27(15-18-8-6-7-9-21(18)24)22(29)16-28(33(3,31)32)20-12-10-19(25)11-13-20/h6-13,17H,4-5,14-16H2,1-3H3,(H,26,30)/t17-/m1/s1. The number of anilines is 1. The van der Waals surface area contributed by atoms with Gasteiger partial charge in [0.05, 0.1) is 11.9 Å². The Hall–Kier alpha value is -2.21. The molecule has 2 aromatic rings. The SMILES string of the molecule is CCCCNC(=O)[C@@H](C)N(Cc1ccccc1F)C(=O)CN(c1ccc(I)cc1)S(C)(=O)=O. The molecule has 0 radical (unpaired) electrons. The third-order valence-electron chi connectivity index (χ3n) is 5.09. The molecular formula is C23H29FIN3O4S. The Morgan fingerprint density at radius 3 is 2.33 bits per heavy atom. The summed E-state index contributed by atoms with van der Waals surface area (Å²) in [6.07, 6.45) is 2.70. The Balaban J connectivity index is 2.35. The predicted molar refractivity (Wildman–Crippen MR) is 136 cm³/mol. The second kappa shape index (κ2) is 12.3. The number of hydrogen-bond acceptors (Lipinski definition) is 4. The van der Waals surface area contributed by atoms with Crippen molar-refractivity contribution in [2.24, 2.45) is 0 Å². The third kappa shape index (κ3) is 7.95. The van der Waals surface area contributed by atoms with E-state index in [-0.39, 0.29) is 18.0 Å². The highest BCUT2D eigenvalue weighted by Gasteiger charge is 2.30. The van der Waals surface area contributed by atoms with Gasteiger partial charge in [-0.05, 0) is 66.3 Å². The second-order valence-electron chi connectivity index (χ2n) is 7.68. The van der Waals surface area contributed by atoms with Crippen molar-refractivity contribution in [2.75, 3.05) is 23.7 Å². The van der Waals surface area contributed by atoms with Gasteiger partial charge in [-0.15, -0.1) is 0 Å². The zero-order valence-electron chi connectivity index (χ0n) is 18.9. The van der Waals surface area contributed by atoms with E-state index in [1.807, 2.05) is 6.92 Å². The molecule has 0 aliphatic heterocycles. The molecule has 1 N–H and O–H groups in total. The summed E-state index contributed by atoms with van der Waals surface area (Å²) in [5.41, 5.74) is 0.566. The van der Waals surface area contributed by atoms with Gasteiger partial charge >= 0.3 is 0 Å². The molecule has 180 valence electrons. The molecule has 33 heavy (non-hydrogen) atoms. The molecule has 2 aromatic carbocycles. The van der Waals surface area contributed by atoms with E-state index in [2.05, 4.69) is 27.9 Å². The maximum absolute atomic E-state index is 14.3. The topological polar surface area (TPSA) is 86.8 Å². The van der Waals surface area contributed by atoms with Crippen LogP contribution in [0.25, 0.3) is 0 Å². The van der Waals surface area contributed by atoms with Crippen LogP contribution in [0.1, 0.15) is 32.3 Å². The van der Waals surface area contributed by atoms with E-state index >= 15 is 0 Å². The number of benzene rings is 2. The van der Waals surface area contributed by atoms with Gasteiger partial charge in [0.15, 0.2) is 0 Å². The molecule has 10 heteroatoms. The van der Waals surface area contributed by atoms with Crippen molar-refractivity contribution in [3.05, 3.63) is 63.5 Å². The van der Waals surface area contributed by atoms with E-state index in [0.717, 1.165) is 27.0 Å². The molecular weight excluding hydrogens is 560 g/mol. The molecule has 2 amide bonds. The Kier molecular flexibility index (Phi) is 10.1. The lowest BCUT2D eigenvalue weighted by Gasteiger charge is -2.31. The van der Waals surface area contributed by atoms with Crippen LogP contribution in [0.4, 0.5) is 10.1 Å². The number of amides is 2. The number of sulfonamides is 1. The first-order valence-electron chi connectivity index (χ1n) is 10.6. The zero-order chi connectivity index (χ0) is 24.6. The van der Waals surface area contributed by atoms with E-state index in [9.17, 15) is 22.4 Å². The van der Waals surface area contributed by atoms with Gasteiger partial charge in [0.25, 0.3) is 0 Å². The summed E-state index contributed by atoms with van der Waals surface area (Å²) in [6, 6.07) is 11.8. The highest BCUT2D eigenvalue weighted by molar-refractivity contribution is 14.1. The Morgan fingerprint density at radius 1 is 1.12 bits per heavy atom. The number of carbonyl (C=O) groups is 2. The average Bonchev–Trinajstić information content (AvgIpc) is 2.76. The molecule has 0 saturated carbocycles. The Morgan fingerprint density at radius 2 is 1.76 bits per heavy atom. The number of nitrogens with one attached hydrogen (secondary N) is 1. The normalized spacial score (nSPS) is 12.2. The second-order valence-corrected chi connectivity index (χ2v) is 10.8. The minimum absolute atomic E-state index is 0.168. The summed E-state index contributed by atoms with van der Waals surface area (Å²) < 4.78 is 41.2.